The van der Waals surface area contributed by atoms with Crippen molar-refractivity contribution in [2.45, 2.75) is 52.4 Å². The van der Waals surface area contributed by atoms with Crippen molar-refractivity contribution in [3.63, 3.8) is 0 Å². The molecule has 1 amide bonds. The van der Waals surface area contributed by atoms with Crippen LogP contribution in [0.1, 0.15) is 52.4 Å². The largest absolute Gasteiger partial charge is 0.396 e. The first kappa shape index (κ1) is 14.5. The van der Waals surface area contributed by atoms with Gasteiger partial charge in [-0.1, -0.05) is 13.8 Å². The van der Waals surface area contributed by atoms with Crippen LogP contribution < -0.4 is 0 Å². The van der Waals surface area contributed by atoms with E-state index < -0.39 is 0 Å². The van der Waals surface area contributed by atoms with Crippen LogP contribution in [-0.4, -0.2) is 35.6 Å². The van der Waals surface area contributed by atoms with Crippen LogP contribution in [0.3, 0.4) is 0 Å². The van der Waals surface area contributed by atoms with E-state index in [2.05, 4.69) is 13.8 Å². The van der Waals surface area contributed by atoms with Gasteiger partial charge in [-0.2, -0.15) is 0 Å². The molecule has 0 aromatic heterocycles. The van der Waals surface area contributed by atoms with Gasteiger partial charge in [0.25, 0.3) is 0 Å². The molecule has 0 saturated carbocycles. The number of hydrogen-bond acceptors (Lipinski definition) is 2. The molecule has 1 heterocycles. The number of nitrogens with zero attached hydrogens (tertiary/aromatic N) is 1. The zero-order chi connectivity index (χ0) is 12.7. The molecule has 1 aliphatic heterocycles. The first-order chi connectivity index (χ1) is 8.15. The third-order valence-electron chi connectivity index (χ3n) is 3.88. The molecule has 1 fully saturated rings. The van der Waals surface area contributed by atoms with Crippen molar-refractivity contribution in [2.24, 2.45) is 11.8 Å². The van der Waals surface area contributed by atoms with Crippen molar-refractivity contribution in [1.29, 1.82) is 0 Å². The second-order valence-corrected chi connectivity index (χ2v) is 5.50. The Balaban J connectivity index is 2.32. The van der Waals surface area contributed by atoms with E-state index in [1.165, 1.54) is 0 Å². The van der Waals surface area contributed by atoms with Crippen LogP contribution in [0.25, 0.3) is 0 Å². The van der Waals surface area contributed by atoms with Gasteiger partial charge in [0.1, 0.15) is 0 Å². The summed E-state index contributed by atoms with van der Waals surface area (Å²) in [7, 11) is 0. The Morgan fingerprint density at radius 2 is 2.06 bits per heavy atom. The quantitative estimate of drug-likeness (QED) is 0.726. The van der Waals surface area contributed by atoms with E-state index in [4.69, 9.17) is 5.11 Å². The number of hydrogen-bond donors (Lipinski definition) is 1. The van der Waals surface area contributed by atoms with Crippen LogP contribution in [0, 0.1) is 11.8 Å². The molecule has 100 valence electrons. The molecule has 1 unspecified atom stereocenters. The first-order valence-electron chi connectivity index (χ1n) is 7.03. The smallest absolute Gasteiger partial charge is 0.222 e. The molecule has 1 atom stereocenters. The number of aliphatic hydroxyl groups excluding tert-OH is 1. The minimum atomic E-state index is 0.267. The summed E-state index contributed by atoms with van der Waals surface area (Å²) >= 11 is 0. The molecule has 0 spiro atoms. The molecule has 0 bridgehead atoms. The number of carbonyl (C=O) groups is 1. The van der Waals surface area contributed by atoms with E-state index >= 15 is 0 Å². The lowest BCUT2D eigenvalue weighted by molar-refractivity contribution is -0.130. The van der Waals surface area contributed by atoms with Gasteiger partial charge < -0.3 is 10.0 Å². The van der Waals surface area contributed by atoms with Crippen molar-refractivity contribution in [3.8, 4) is 0 Å². The molecule has 0 aliphatic carbocycles. The third-order valence-corrected chi connectivity index (χ3v) is 3.88. The van der Waals surface area contributed by atoms with Crippen molar-refractivity contribution in [3.05, 3.63) is 0 Å². The molecule has 1 rings (SSSR count). The zero-order valence-corrected chi connectivity index (χ0v) is 11.3. The number of carbonyl (C=O) groups excluding carboxylic acids is 1. The van der Waals surface area contributed by atoms with Crippen LogP contribution in [0.2, 0.25) is 0 Å². The topological polar surface area (TPSA) is 40.5 Å². The number of rotatable bonds is 6. The summed E-state index contributed by atoms with van der Waals surface area (Å²) in [4.78, 5) is 14.0. The molecule has 1 aliphatic rings. The lowest BCUT2D eigenvalue weighted by atomic mass is 9.89. The molecule has 17 heavy (non-hydrogen) atoms. The first-order valence-corrected chi connectivity index (χ1v) is 7.03. The second-order valence-electron chi connectivity index (χ2n) is 5.50. The Labute approximate surface area is 105 Å². The maximum atomic E-state index is 11.9. The van der Waals surface area contributed by atoms with E-state index in [1.54, 1.807) is 0 Å². The Morgan fingerprint density at radius 3 is 2.71 bits per heavy atom. The van der Waals surface area contributed by atoms with E-state index in [1.807, 2.05) is 4.90 Å². The van der Waals surface area contributed by atoms with Gasteiger partial charge in [0.05, 0.1) is 0 Å². The van der Waals surface area contributed by atoms with Gasteiger partial charge in [-0.3, -0.25) is 4.79 Å². The van der Waals surface area contributed by atoms with Gasteiger partial charge in [0, 0.05) is 26.1 Å². The summed E-state index contributed by atoms with van der Waals surface area (Å²) in [5, 5.41) is 8.72. The molecule has 1 N–H and O–H groups in total. The average Bonchev–Trinajstić information content (AvgIpc) is 2.48. The molecule has 0 aromatic carbocycles. The Bertz CT molecular complexity index is 228. The summed E-state index contributed by atoms with van der Waals surface area (Å²) in [6, 6.07) is 0. The van der Waals surface area contributed by atoms with Crippen molar-refractivity contribution in [2.75, 3.05) is 19.7 Å². The van der Waals surface area contributed by atoms with Gasteiger partial charge in [-0.15, -0.1) is 0 Å². The lowest BCUT2D eigenvalue weighted by Gasteiger charge is -2.21. The van der Waals surface area contributed by atoms with Crippen LogP contribution in [0.5, 0.6) is 0 Å². The number of likely N-dealkylation sites (tertiary alicyclic amines) is 1. The number of unbranched alkanes of at least 4 members (excludes halogenated alkanes) is 2. The summed E-state index contributed by atoms with van der Waals surface area (Å²) < 4.78 is 0. The normalized spacial score (nSPS) is 22.0. The minimum absolute atomic E-state index is 0.267. The summed E-state index contributed by atoms with van der Waals surface area (Å²) in [6.45, 7) is 6.59. The van der Waals surface area contributed by atoms with Gasteiger partial charge in [0.15, 0.2) is 0 Å². The molecule has 0 radical (unpaired) electrons. The lowest BCUT2D eigenvalue weighted by Crippen LogP contribution is -2.31. The van der Waals surface area contributed by atoms with E-state index in [9.17, 15) is 4.79 Å². The average molecular weight is 241 g/mol. The van der Waals surface area contributed by atoms with Gasteiger partial charge in [0.2, 0.25) is 5.91 Å². The Kier molecular flexibility index (Phi) is 6.56. The number of amides is 1. The zero-order valence-electron chi connectivity index (χ0n) is 11.3. The Morgan fingerprint density at radius 1 is 1.29 bits per heavy atom. The predicted octanol–water partition coefficient (Wildman–Crippen LogP) is 2.43. The maximum absolute atomic E-state index is 11.9. The Hall–Kier alpha value is -0.570. The fourth-order valence-electron chi connectivity index (χ4n) is 2.55. The highest BCUT2D eigenvalue weighted by molar-refractivity contribution is 5.76. The van der Waals surface area contributed by atoms with Crippen molar-refractivity contribution < 1.29 is 9.90 Å². The standard InChI is InChI=1S/C14H27NO2/c1-12(2)13-6-7-14(17)15(10-8-13)9-4-3-5-11-16/h12-13,16H,3-11H2,1-2H3. The van der Waals surface area contributed by atoms with E-state index in [0.717, 1.165) is 51.6 Å². The number of aliphatic hydroxyl groups is 1. The molecule has 1 saturated heterocycles. The fourth-order valence-corrected chi connectivity index (χ4v) is 2.55. The summed E-state index contributed by atoms with van der Waals surface area (Å²) in [5.41, 5.74) is 0. The van der Waals surface area contributed by atoms with E-state index in [0.29, 0.717) is 17.7 Å². The molecule has 3 nitrogen and oxygen atoms in total. The second kappa shape index (κ2) is 7.70. The summed E-state index contributed by atoms with van der Waals surface area (Å²) in [5.74, 6) is 1.73. The van der Waals surface area contributed by atoms with Crippen molar-refractivity contribution in [1.82, 2.24) is 4.90 Å². The van der Waals surface area contributed by atoms with E-state index in [-0.39, 0.29) is 6.61 Å². The van der Waals surface area contributed by atoms with Crippen molar-refractivity contribution >= 4 is 5.91 Å². The summed E-state index contributed by atoms with van der Waals surface area (Å²) in [6.07, 6.45) is 5.85. The third kappa shape index (κ3) is 5.07. The molecule has 3 heteroatoms. The van der Waals surface area contributed by atoms with Crippen LogP contribution in [-0.2, 0) is 4.79 Å². The monoisotopic (exact) mass is 241 g/mol. The highest BCUT2D eigenvalue weighted by Crippen LogP contribution is 2.25. The minimum Gasteiger partial charge on any atom is -0.396 e. The fraction of sp³-hybridized carbons (Fsp3) is 0.929. The van der Waals surface area contributed by atoms with Gasteiger partial charge in [-0.25, -0.2) is 0 Å². The maximum Gasteiger partial charge on any atom is 0.222 e. The van der Waals surface area contributed by atoms with Gasteiger partial charge in [-0.05, 0) is 43.9 Å². The van der Waals surface area contributed by atoms with Crippen LogP contribution in [0.4, 0.5) is 0 Å². The highest BCUT2D eigenvalue weighted by Gasteiger charge is 2.23. The van der Waals surface area contributed by atoms with Crippen LogP contribution >= 0.6 is 0 Å². The molecular weight excluding hydrogens is 214 g/mol. The molecular formula is C14H27NO2. The molecule has 0 aromatic rings. The highest BCUT2D eigenvalue weighted by atomic mass is 16.2. The predicted molar refractivity (Wildman–Crippen MR) is 69.7 cm³/mol. The van der Waals surface area contributed by atoms with Crippen LogP contribution in [0.15, 0.2) is 0 Å². The van der Waals surface area contributed by atoms with Gasteiger partial charge >= 0.3 is 0 Å². The SMILES string of the molecule is CC(C)C1CCC(=O)N(CCCCCO)CC1.